The van der Waals surface area contributed by atoms with Gasteiger partial charge in [0.25, 0.3) is 0 Å². The molecule has 0 aliphatic rings. The fourth-order valence-corrected chi connectivity index (χ4v) is 4.42. The minimum absolute atomic E-state index is 0.0351. The average molecular weight is 473 g/mol. The molecular formula is C30H33FN2O2. The number of nitrogens with zero attached hydrogens (tertiary/aromatic N) is 1. The van der Waals surface area contributed by atoms with Gasteiger partial charge in [0.2, 0.25) is 5.91 Å². The number of halogens is 1. The van der Waals surface area contributed by atoms with Gasteiger partial charge in [0.05, 0.1) is 6.61 Å². The molecule has 1 heterocycles. The summed E-state index contributed by atoms with van der Waals surface area (Å²) in [5.41, 5.74) is 4.28. The molecular weight excluding hydrogens is 439 g/mol. The topological polar surface area (TPSA) is 43.3 Å². The fraction of sp³-hybridized carbons (Fsp3) is 0.300. The van der Waals surface area contributed by atoms with Crippen molar-refractivity contribution >= 4 is 16.8 Å². The van der Waals surface area contributed by atoms with Crippen LogP contribution in [0.1, 0.15) is 49.8 Å². The molecule has 0 saturated heterocycles. The predicted octanol–water partition coefficient (Wildman–Crippen LogP) is 6.52. The lowest BCUT2D eigenvalue weighted by molar-refractivity contribution is -0.121. The molecule has 0 aliphatic carbocycles. The lowest BCUT2D eigenvalue weighted by atomic mass is 9.88. The van der Waals surface area contributed by atoms with Crippen molar-refractivity contribution in [3.8, 4) is 5.75 Å². The normalized spacial score (nSPS) is 12.1. The van der Waals surface area contributed by atoms with Gasteiger partial charge in [-0.1, -0.05) is 56.3 Å². The monoisotopic (exact) mass is 472 g/mol. The van der Waals surface area contributed by atoms with Gasteiger partial charge in [0.1, 0.15) is 11.6 Å². The number of hydrogen-bond donors (Lipinski definition) is 1. The molecule has 3 aromatic carbocycles. The van der Waals surface area contributed by atoms with E-state index in [0.717, 1.165) is 33.3 Å². The molecule has 182 valence electrons. The van der Waals surface area contributed by atoms with Crippen LogP contribution < -0.4 is 10.1 Å². The summed E-state index contributed by atoms with van der Waals surface area (Å²) < 4.78 is 21.3. The van der Waals surface area contributed by atoms with Crippen LogP contribution in [0.5, 0.6) is 5.75 Å². The maximum atomic E-state index is 13.4. The van der Waals surface area contributed by atoms with Crippen LogP contribution in [0.15, 0.2) is 79.0 Å². The summed E-state index contributed by atoms with van der Waals surface area (Å²) in [7, 11) is 0. The van der Waals surface area contributed by atoms with E-state index in [1.165, 1.54) is 12.1 Å². The van der Waals surface area contributed by atoms with Crippen LogP contribution in [0, 0.1) is 11.7 Å². The first-order chi connectivity index (χ1) is 16.9. The van der Waals surface area contributed by atoms with Gasteiger partial charge in [-0.15, -0.1) is 0 Å². The van der Waals surface area contributed by atoms with Gasteiger partial charge < -0.3 is 14.6 Å². The molecule has 1 N–H and O–H groups in total. The highest BCUT2D eigenvalue weighted by atomic mass is 19.1. The van der Waals surface area contributed by atoms with Crippen molar-refractivity contribution in [1.29, 1.82) is 0 Å². The second kappa shape index (κ2) is 11.2. The van der Waals surface area contributed by atoms with Gasteiger partial charge in [-0.25, -0.2) is 4.39 Å². The quantitative estimate of drug-likeness (QED) is 0.285. The number of hydrogen-bond acceptors (Lipinski definition) is 2. The Bertz CT molecular complexity index is 1260. The van der Waals surface area contributed by atoms with Crippen LogP contribution in [0.4, 0.5) is 4.39 Å². The molecule has 0 radical (unpaired) electrons. The van der Waals surface area contributed by atoms with E-state index in [-0.39, 0.29) is 17.6 Å². The molecule has 35 heavy (non-hydrogen) atoms. The molecule has 1 aromatic heterocycles. The number of rotatable bonds is 10. The van der Waals surface area contributed by atoms with Crippen LogP contribution in [-0.4, -0.2) is 23.6 Å². The van der Waals surface area contributed by atoms with Crippen molar-refractivity contribution in [2.75, 3.05) is 13.2 Å². The molecule has 4 rings (SSSR count). The van der Waals surface area contributed by atoms with E-state index in [9.17, 15) is 9.18 Å². The summed E-state index contributed by atoms with van der Waals surface area (Å²) in [6.07, 6.45) is 2.50. The van der Waals surface area contributed by atoms with E-state index in [1.54, 1.807) is 0 Å². The summed E-state index contributed by atoms with van der Waals surface area (Å²) >= 11 is 0. The number of carbonyl (C=O) groups excluding carboxylic acids is 1. The Morgan fingerprint density at radius 2 is 1.71 bits per heavy atom. The van der Waals surface area contributed by atoms with Crippen molar-refractivity contribution < 1.29 is 13.9 Å². The zero-order valence-electron chi connectivity index (χ0n) is 20.6. The minimum atomic E-state index is -0.241. The molecule has 5 heteroatoms. The van der Waals surface area contributed by atoms with E-state index in [2.05, 4.69) is 54.2 Å². The van der Waals surface area contributed by atoms with Crippen LogP contribution in [0.2, 0.25) is 0 Å². The molecule has 0 aliphatic heterocycles. The predicted molar refractivity (Wildman–Crippen MR) is 139 cm³/mol. The average Bonchev–Trinajstić information content (AvgIpc) is 3.21. The SMILES string of the molecule is CCOc1ccc(C(CC(=O)NCC(C)C)c2cn(Cc3ccc(F)cc3)c3ccccc23)cc1. The molecule has 0 saturated carbocycles. The molecule has 4 nitrogen and oxygen atoms in total. The van der Waals surface area contributed by atoms with Gasteiger partial charge in [0.15, 0.2) is 0 Å². The van der Waals surface area contributed by atoms with Gasteiger partial charge in [-0.3, -0.25) is 4.79 Å². The summed E-state index contributed by atoms with van der Waals surface area (Å²) in [6, 6.07) is 22.9. The number of fused-ring (bicyclic) bond motifs is 1. The number of ether oxygens (including phenoxy) is 1. The van der Waals surface area contributed by atoms with Crippen LogP contribution in [-0.2, 0) is 11.3 Å². The highest BCUT2D eigenvalue weighted by molar-refractivity contribution is 5.86. The van der Waals surface area contributed by atoms with Gasteiger partial charge >= 0.3 is 0 Å². The zero-order valence-corrected chi connectivity index (χ0v) is 20.6. The van der Waals surface area contributed by atoms with Crippen molar-refractivity contribution in [1.82, 2.24) is 9.88 Å². The van der Waals surface area contributed by atoms with E-state index >= 15 is 0 Å². The number of aromatic nitrogens is 1. The number of benzene rings is 3. The Hall–Kier alpha value is -3.60. The standard InChI is InChI=1S/C30H33FN2O2/c1-4-35-25-15-11-23(12-16-25)27(17-30(34)32-18-21(2)3)28-20-33(29-8-6-5-7-26(28)29)19-22-9-13-24(31)14-10-22/h5-16,20-21,27H,4,17-19H2,1-3H3,(H,32,34). The molecule has 0 bridgehead atoms. The highest BCUT2D eigenvalue weighted by Gasteiger charge is 2.23. The van der Waals surface area contributed by atoms with E-state index in [1.807, 2.05) is 43.3 Å². The van der Waals surface area contributed by atoms with Crippen molar-refractivity contribution in [2.45, 2.75) is 39.7 Å². The van der Waals surface area contributed by atoms with Gasteiger partial charge in [-0.2, -0.15) is 0 Å². The van der Waals surface area contributed by atoms with Crippen LogP contribution in [0.3, 0.4) is 0 Å². The first-order valence-electron chi connectivity index (χ1n) is 12.3. The largest absolute Gasteiger partial charge is 0.494 e. The summed E-state index contributed by atoms with van der Waals surface area (Å²) in [5.74, 6) is 0.887. The Morgan fingerprint density at radius 3 is 2.40 bits per heavy atom. The fourth-order valence-electron chi connectivity index (χ4n) is 4.42. The lowest BCUT2D eigenvalue weighted by Gasteiger charge is -2.18. The van der Waals surface area contributed by atoms with E-state index in [0.29, 0.717) is 32.0 Å². The Morgan fingerprint density at radius 1 is 1.00 bits per heavy atom. The van der Waals surface area contributed by atoms with E-state index < -0.39 is 0 Å². The third-order valence-electron chi connectivity index (χ3n) is 6.15. The molecule has 1 amide bonds. The van der Waals surface area contributed by atoms with Crippen LogP contribution in [0.25, 0.3) is 10.9 Å². The highest BCUT2D eigenvalue weighted by Crippen LogP contribution is 2.36. The number of para-hydroxylation sites is 1. The minimum Gasteiger partial charge on any atom is -0.494 e. The summed E-state index contributed by atoms with van der Waals surface area (Å²) in [6.45, 7) is 8.03. The maximum absolute atomic E-state index is 13.4. The lowest BCUT2D eigenvalue weighted by Crippen LogP contribution is -2.28. The molecule has 0 fully saturated rings. The third kappa shape index (κ3) is 6.10. The molecule has 4 aromatic rings. The molecule has 0 spiro atoms. The summed E-state index contributed by atoms with van der Waals surface area (Å²) in [5, 5.41) is 4.19. The second-order valence-electron chi connectivity index (χ2n) is 9.31. The molecule has 1 unspecified atom stereocenters. The second-order valence-corrected chi connectivity index (χ2v) is 9.31. The number of carbonyl (C=O) groups is 1. The summed E-state index contributed by atoms with van der Waals surface area (Å²) in [4.78, 5) is 13.0. The number of amides is 1. The van der Waals surface area contributed by atoms with Gasteiger partial charge in [-0.05, 0) is 59.9 Å². The first kappa shape index (κ1) is 24.5. The zero-order chi connectivity index (χ0) is 24.8. The third-order valence-corrected chi connectivity index (χ3v) is 6.15. The maximum Gasteiger partial charge on any atom is 0.220 e. The Kier molecular flexibility index (Phi) is 7.86. The van der Waals surface area contributed by atoms with Crippen molar-refractivity contribution in [3.63, 3.8) is 0 Å². The van der Waals surface area contributed by atoms with Crippen molar-refractivity contribution in [2.24, 2.45) is 5.92 Å². The Balaban J connectivity index is 1.73. The molecule has 1 atom stereocenters. The first-order valence-corrected chi connectivity index (χ1v) is 12.3. The Labute approximate surface area is 206 Å². The van der Waals surface area contributed by atoms with Crippen LogP contribution >= 0.6 is 0 Å². The van der Waals surface area contributed by atoms with Crippen molar-refractivity contribution in [3.05, 3.63) is 102 Å². The smallest absolute Gasteiger partial charge is 0.220 e. The van der Waals surface area contributed by atoms with Gasteiger partial charge in [0, 0.05) is 42.5 Å². The number of nitrogens with one attached hydrogen (secondary N) is 1. The van der Waals surface area contributed by atoms with E-state index in [4.69, 9.17) is 4.74 Å².